The number of imidazole rings is 1. The number of nitrogens with zero attached hydrogens (tertiary/aromatic N) is 4. The Morgan fingerprint density at radius 1 is 1.35 bits per heavy atom. The molecule has 1 aliphatic rings. The van der Waals surface area contributed by atoms with Gasteiger partial charge in [-0.2, -0.15) is 5.01 Å². The second-order valence-electron chi connectivity index (χ2n) is 4.14. The Morgan fingerprint density at radius 2 is 2.10 bits per heavy atom. The number of amides is 1. The highest BCUT2D eigenvalue weighted by molar-refractivity contribution is 5.94. The van der Waals surface area contributed by atoms with Gasteiger partial charge < -0.3 is 23.1 Å². The number of primary amides is 1. The highest BCUT2D eigenvalue weighted by Crippen LogP contribution is 2.21. The topological polar surface area (TPSA) is 90.4 Å². The molecule has 1 aromatic heterocycles. The fourth-order valence-electron chi connectivity index (χ4n) is 2.00. The van der Waals surface area contributed by atoms with E-state index in [-0.39, 0.29) is 18.1 Å². The second kappa shape index (κ2) is 5.70. The summed E-state index contributed by atoms with van der Waals surface area (Å²) in [6, 6.07) is 9.82. The Hall–Kier alpha value is -2.41. The van der Waals surface area contributed by atoms with E-state index in [0.717, 1.165) is 12.2 Å². The number of rotatable bonds is 3. The summed E-state index contributed by atoms with van der Waals surface area (Å²) >= 11 is 0. The van der Waals surface area contributed by atoms with Crippen LogP contribution in [0.3, 0.4) is 0 Å². The number of aromatic nitrogens is 2. The number of carbonyl (C=O) groups excluding carboxylic acids is 1. The lowest BCUT2D eigenvalue weighted by Gasteiger charge is -2.04. The number of nitrogens with two attached hydrogens (primary N) is 1. The van der Waals surface area contributed by atoms with Crippen molar-refractivity contribution in [3.63, 3.8) is 0 Å². The molecule has 1 amide bonds. The third-order valence-electron chi connectivity index (χ3n) is 2.90. The van der Waals surface area contributed by atoms with Crippen LogP contribution in [0.4, 0.5) is 11.5 Å². The van der Waals surface area contributed by atoms with Crippen molar-refractivity contribution in [1.29, 1.82) is 0 Å². The zero-order chi connectivity index (χ0) is 13.2. The van der Waals surface area contributed by atoms with Crippen LogP contribution < -0.4 is 23.1 Å². The number of benzene rings is 1. The number of H-pyrrole nitrogens is 1. The lowest BCUT2D eigenvalue weighted by Crippen LogP contribution is -3.00. The number of nitrogens with one attached hydrogen (secondary N) is 1. The van der Waals surface area contributed by atoms with Crippen LogP contribution in [-0.4, -0.2) is 33.7 Å². The van der Waals surface area contributed by atoms with Gasteiger partial charge in [0.2, 0.25) is 0 Å². The van der Waals surface area contributed by atoms with Gasteiger partial charge in [-0.05, 0) is 12.1 Å². The number of anilines is 1. The van der Waals surface area contributed by atoms with Gasteiger partial charge in [-0.15, -0.1) is 4.70 Å². The fourth-order valence-corrected chi connectivity index (χ4v) is 2.00. The summed E-state index contributed by atoms with van der Waals surface area (Å²) in [5, 5.41) is 6.28. The van der Waals surface area contributed by atoms with Crippen LogP contribution in [0.15, 0.2) is 41.9 Å². The largest absolute Gasteiger partial charge is 1.00 e. The molecular weight excluding hydrogens is 280 g/mol. The number of para-hydroxylation sites is 1. The van der Waals surface area contributed by atoms with Crippen molar-refractivity contribution in [2.45, 2.75) is 0 Å². The lowest BCUT2D eigenvalue weighted by atomic mass is 10.3. The molecule has 0 unspecified atom stereocenters. The third kappa shape index (κ3) is 2.48. The predicted octanol–water partition coefficient (Wildman–Crippen LogP) is -1.96. The molecule has 20 heavy (non-hydrogen) atoms. The van der Waals surface area contributed by atoms with E-state index in [9.17, 15) is 4.79 Å². The highest BCUT2D eigenvalue weighted by Gasteiger charge is 2.28. The smallest absolute Gasteiger partial charge is 0.312 e. The van der Waals surface area contributed by atoms with Gasteiger partial charge >= 0.3 is 5.82 Å². The van der Waals surface area contributed by atoms with Crippen LogP contribution in [0.1, 0.15) is 10.5 Å². The summed E-state index contributed by atoms with van der Waals surface area (Å²) in [7, 11) is 0. The maximum atomic E-state index is 11.3. The first-order valence-corrected chi connectivity index (χ1v) is 5.90. The quantitative estimate of drug-likeness (QED) is 0.644. The summed E-state index contributed by atoms with van der Waals surface area (Å²) in [4.78, 5) is 18.1. The van der Waals surface area contributed by atoms with Gasteiger partial charge in [0, 0.05) is 5.22 Å². The van der Waals surface area contributed by atoms with E-state index in [1.54, 1.807) is 4.70 Å². The molecule has 0 radical (unpaired) electrons. The molecule has 2 heterocycles. The first-order chi connectivity index (χ1) is 9.25. The molecule has 0 saturated heterocycles. The number of carbonyl (C=O) groups is 1. The van der Waals surface area contributed by atoms with E-state index >= 15 is 0 Å². The monoisotopic (exact) mass is 292 g/mol. The Morgan fingerprint density at radius 3 is 2.80 bits per heavy atom. The van der Waals surface area contributed by atoms with Crippen LogP contribution in [-0.2, 0) is 0 Å². The predicted molar refractivity (Wildman–Crippen MR) is 68.1 cm³/mol. The van der Waals surface area contributed by atoms with Crippen molar-refractivity contribution in [3.05, 3.63) is 42.4 Å². The van der Waals surface area contributed by atoms with Crippen LogP contribution in [0, 0.1) is 0 Å². The number of hydrogen-bond acceptors (Lipinski definition) is 4. The maximum absolute atomic E-state index is 11.3. The Kier molecular flexibility index (Phi) is 3.99. The standard InChI is InChI=1S/C12H12N6O.ClH/c13-11(19)10-12(15-8-14-10)18-7-6-17(16-18)9-4-2-1-3-5-9;/h1-5,8H,6-7H2,(H2-,13,14,15,16,19);1H. The van der Waals surface area contributed by atoms with Crippen molar-refractivity contribution in [2.24, 2.45) is 11.0 Å². The molecule has 1 aliphatic heterocycles. The average molecular weight is 293 g/mol. The first-order valence-electron chi connectivity index (χ1n) is 5.90. The average Bonchev–Trinajstić information content (AvgIpc) is 3.08. The van der Waals surface area contributed by atoms with E-state index < -0.39 is 5.91 Å². The van der Waals surface area contributed by atoms with Crippen molar-refractivity contribution in [3.8, 4) is 0 Å². The minimum atomic E-state index is -0.541. The van der Waals surface area contributed by atoms with E-state index in [4.69, 9.17) is 5.73 Å². The molecule has 0 fully saturated rings. The number of hydrogen-bond donors (Lipinski definition) is 2. The van der Waals surface area contributed by atoms with Crippen LogP contribution in [0.5, 0.6) is 0 Å². The first kappa shape index (κ1) is 14.0. The third-order valence-corrected chi connectivity index (χ3v) is 2.90. The number of halogens is 1. The fraction of sp³-hybridized carbons (Fsp3) is 0.167. The molecule has 3 rings (SSSR count). The maximum Gasteiger partial charge on any atom is 0.312 e. The molecule has 7 nitrogen and oxygen atoms in total. The minimum absolute atomic E-state index is 0. The van der Waals surface area contributed by atoms with E-state index in [1.807, 2.05) is 35.3 Å². The summed E-state index contributed by atoms with van der Waals surface area (Å²) in [6.45, 7) is 1.38. The summed E-state index contributed by atoms with van der Waals surface area (Å²) in [5.41, 5.74) is 6.56. The molecule has 2 aromatic rings. The SMILES string of the molecule is NC(=O)c1[nH]cnc1[N+]1=NN(c2ccccc2)CC1.[Cl-]. The summed E-state index contributed by atoms with van der Waals surface area (Å²) in [6.07, 6.45) is 1.44. The molecule has 8 heteroatoms. The molecule has 0 spiro atoms. The van der Waals surface area contributed by atoms with Crippen LogP contribution in [0.25, 0.3) is 0 Å². The van der Waals surface area contributed by atoms with Crippen molar-refractivity contribution >= 4 is 17.4 Å². The summed E-state index contributed by atoms with van der Waals surface area (Å²) in [5.74, 6) is -0.0770. The second-order valence-corrected chi connectivity index (χ2v) is 4.14. The van der Waals surface area contributed by atoms with Gasteiger partial charge in [-0.1, -0.05) is 23.2 Å². The lowest BCUT2D eigenvalue weighted by molar-refractivity contribution is -0.500. The van der Waals surface area contributed by atoms with Gasteiger partial charge in [0.25, 0.3) is 5.91 Å². The van der Waals surface area contributed by atoms with Crippen LogP contribution in [0.2, 0.25) is 0 Å². The molecule has 0 bridgehead atoms. The van der Waals surface area contributed by atoms with E-state index in [1.165, 1.54) is 6.33 Å². The van der Waals surface area contributed by atoms with Crippen molar-refractivity contribution in [2.75, 3.05) is 18.1 Å². The Bertz CT molecular complexity index is 638. The molecule has 0 atom stereocenters. The Labute approximate surface area is 121 Å². The zero-order valence-corrected chi connectivity index (χ0v) is 11.3. The van der Waals surface area contributed by atoms with Crippen molar-refractivity contribution in [1.82, 2.24) is 9.97 Å². The number of aromatic amines is 1. The van der Waals surface area contributed by atoms with Crippen LogP contribution >= 0.6 is 0 Å². The van der Waals surface area contributed by atoms with Gasteiger partial charge in [0.15, 0.2) is 12.0 Å². The highest BCUT2D eigenvalue weighted by atomic mass is 35.5. The molecule has 0 saturated carbocycles. The van der Waals surface area contributed by atoms with Gasteiger partial charge in [-0.3, -0.25) is 4.79 Å². The molecule has 1 aromatic carbocycles. The van der Waals surface area contributed by atoms with E-state index in [2.05, 4.69) is 15.2 Å². The molecule has 104 valence electrons. The zero-order valence-electron chi connectivity index (χ0n) is 10.5. The molecule has 0 aliphatic carbocycles. The van der Waals surface area contributed by atoms with Gasteiger partial charge in [-0.25, -0.2) is 0 Å². The van der Waals surface area contributed by atoms with Gasteiger partial charge in [0.1, 0.15) is 18.8 Å². The Balaban J connectivity index is 0.00000147. The molecular formula is C12H13ClN6O. The minimum Gasteiger partial charge on any atom is -1.00 e. The van der Waals surface area contributed by atoms with E-state index in [0.29, 0.717) is 12.4 Å². The van der Waals surface area contributed by atoms with Crippen molar-refractivity contribution < 1.29 is 21.9 Å². The summed E-state index contributed by atoms with van der Waals surface area (Å²) < 4.78 is 1.67. The molecule has 3 N–H and O–H groups in total. The normalized spacial score (nSPS) is 13.8. The van der Waals surface area contributed by atoms with Gasteiger partial charge in [0.05, 0.1) is 0 Å².